The lowest BCUT2D eigenvalue weighted by molar-refractivity contribution is 0.414. The fraction of sp³-hybridized carbons (Fsp3) is 0.0714. The zero-order valence-corrected chi connectivity index (χ0v) is 12.6. The molecule has 0 fully saturated rings. The SMILES string of the molecule is COc1ccc(S(=O)(=O)Nc2cccc(C#N)c2)cc1Cl. The van der Waals surface area contributed by atoms with Crippen LogP contribution in [0.4, 0.5) is 5.69 Å². The van der Waals surface area contributed by atoms with Crippen molar-refractivity contribution in [2.45, 2.75) is 4.90 Å². The van der Waals surface area contributed by atoms with Gasteiger partial charge in [-0.2, -0.15) is 5.26 Å². The Labute approximate surface area is 127 Å². The Bertz CT molecular complexity index is 813. The molecule has 2 rings (SSSR count). The molecule has 0 amide bonds. The van der Waals surface area contributed by atoms with E-state index in [2.05, 4.69) is 4.72 Å². The molecule has 0 atom stereocenters. The molecule has 0 saturated heterocycles. The van der Waals surface area contributed by atoms with Gasteiger partial charge in [-0.1, -0.05) is 17.7 Å². The molecule has 0 aliphatic heterocycles. The van der Waals surface area contributed by atoms with Crippen LogP contribution in [0.2, 0.25) is 5.02 Å². The highest BCUT2D eigenvalue weighted by atomic mass is 35.5. The van der Waals surface area contributed by atoms with Crippen LogP contribution in [0.25, 0.3) is 0 Å². The molecular weight excluding hydrogens is 312 g/mol. The quantitative estimate of drug-likeness (QED) is 0.938. The van der Waals surface area contributed by atoms with Gasteiger partial charge >= 0.3 is 0 Å². The zero-order chi connectivity index (χ0) is 15.5. The zero-order valence-electron chi connectivity index (χ0n) is 11.0. The molecule has 0 radical (unpaired) electrons. The summed E-state index contributed by atoms with van der Waals surface area (Å²) in [5, 5.41) is 9.01. The monoisotopic (exact) mass is 322 g/mol. The molecular formula is C14H11ClN2O3S. The lowest BCUT2D eigenvalue weighted by atomic mass is 10.2. The standard InChI is InChI=1S/C14H11ClN2O3S/c1-20-14-6-5-12(8-13(14)15)21(18,19)17-11-4-2-3-10(7-11)9-16/h2-8,17H,1H3. The maximum atomic E-state index is 12.3. The maximum Gasteiger partial charge on any atom is 0.261 e. The van der Waals surface area contributed by atoms with Gasteiger partial charge in [-0.15, -0.1) is 0 Å². The number of anilines is 1. The van der Waals surface area contributed by atoms with E-state index in [1.807, 2.05) is 6.07 Å². The van der Waals surface area contributed by atoms with E-state index < -0.39 is 10.0 Å². The number of sulfonamides is 1. The summed E-state index contributed by atoms with van der Waals surface area (Å²) >= 11 is 5.93. The van der Waals surface area contributed by atoms with Gasteiger partial charge < -0.3 is 4.74 Å². The molecule has 0 aromatic heterocycles. The Kier molecular flexibility index (Phi) is 4.36. The second-order valence-electron chi connectivity index (χ2n) is 4.09. The van der Waals surface area contributed by atoms with Crippen LogP contribution in [0.3, 0.4) is 0 Å². The van der Waals surface area contributed by atoms with Crippen molar-refractivity contribution < 1.29 is 13.2 Å². The molecule has 0 unspecified atom stereocenters. The van der Waals surface area contributed by atoms with Crippen LogP contribution >= 0.6 is 11.6 Å². The maximum absolute atomic E-state index is 12.3. The number of nitriles is 1. The molecule has 0 heterocycles. The van der Waals surface area contributed by atoms with E-state index in [0.29, 0.717) is 17.0 Å². The summed E-state index contributed by atoms with van der Waals surface area (Å²) in [7, 11) is -2.34. The molecule has 0 aliphatic rings. The Morgan fingerprint density at radius 1 is 1.24 bits per heavy atom. The van der Waals surface area contributed by atoms with Crippen molar-refractivity contribution in [2.24, 2.45) is 0 Å². The first kappa shape index (κ1) is 15.2. The van der Waals surface area contributed by atoms with Crippen LogP contribution in [0.15, 0.2) is 47.4 Å². The third kappa shape index (κ3) is 3.45. The summed E-state index contributed by atoms with van der Waals surface area (Å²) in [5.74, 6) is 0.391. The van der Waals surface area contributed by atoms with E-state index in [1.54, 1.807) is 18.2 Å². The molecule has 2 aromatic carbocycles. The fourth-order valence-electron chi connectivity index (χ4n) is 1.68. The first-order valence-corrected chi connectivity index (χ1v) is 7.69. The molecule has 108 valence electrons. The van der Waals surface area contributed by atoms with Gasteiger partial charge in [0.15, 0.2) is 0 Å². The van der Waals surface area contributed by atoms with Crippen LogP contribution in [0.1, 0.15) is 5.56 Å². The summed E-state index contributed by atoms with van der Waals surface area (Å²) in [6.45, 7) is 0. The van der Waals surface area contributed by atoms with Crippen molar-refractivity contribution in [1.29, 1.82) is 5.26 Å². The third-order valence-corrected chi connectivity index (χ3v) is 4.35. The lowest BCUT2D eigenvalue weighted by Crippen LogP contribution is -2.13. The summed E-state index contributed by atoms with van der Waals surface area (Å²) < 4.78 is 31.9. The summed E-state index contributed by atoms with van der Waals surface area (Å²) in [6.07, 6.45) is 0. The third-order valence-electron chi connectivity index (χ3n) is 2.68. The first-order chi connectivity index (χ1) is 9.96. The number of ether oxygens (including phenoxy) is 1. The van der Waals surface area contributed by atoms with E-state index in [1.165, 1.54) is 31.4 Å². The molecule has 1 N–H and O–H groups in total. The minimum atomic E-state index is -3.79. The van der Waals surface area contributed by atoms with Crippen molar-refractivity contribution in [1.82, 2.24) is 0 Å². The van der Waals surface area contributed by atoms with Gasteiger partial charge in [0, 0.05) is 0 Å². The number of methoxy groups -OCH3 is 1. The van der Waals surface area contributed by atoms with Crippen LogP contribution < -0.4 is 9.46 Å². The van der Waals surface area contributed by atoms with E-state index in [9.17, 15) is 8.42 Å². The molecule has 0 bridgehead atoms. The van der Waals surface area contributed by atoms with E-state index in [-0.39, 0.29) is 9.92 Å². The number of hydrogen-bond acceptors (Lipinski definition) is 4. The average molecular weight is 323 g/mol. The number of nitrogens with one attached hydrogen (secondary N) is 1. The number of nitrogens with zero attached hydrogens (tertiary/aromatic N) is 1. The molecule has 0 spiro atoms. The van der Waals surface area contributed by atoms with Crippen LogP contribution in [0, 0.1) is 11.3 Å². The van der Waals surface area contributed by atoms with Crippen molar-refractivity contribution in [3.8, 4) is 11.8 Å². The Hall–Kier alpha value is -2.23. The van der Waals surface area contributed by atoms with E-state index in [0.717, 1.165) is 0 Å². The van der Waals surface area contributed by atoms with Crippen LogP contribution in [-0.4, -0.2) is 15.5 Å². The molecule has 2 aromatic rings. The van der Waals surface area contributed by atoms with Gasteiger partial charge in [0.1, 0.15) is 5.75 Å². The normalized spacial score (nSPS) is 10.7. The van der Waals surface area contributed by atoms with Crippen molar-refractivity contribution in [2.75, 3.05) is 11.8 Å². The molecule has 0 saturated carbocycles. The average Bonchev–Trinajstić information content (AvgIpc) is 2.47. The summed E-state index contributed by atoms with van der Waals surface area (Å²) in [6, 6.07) is 12.3. The molecule has 5 nitrogen and oxygen atoms in total. The first-order valence-electron chi connectivity index (χ1n) is 5.83. The van der Waals surface area contributed by atoms with Gasteiger partial charge in [0.05, 0.1) is 34.3 Å². The predicted octanol–water partition coefficient (Wildman–Crippen LogP) is 3.02. The molecule has 0 aliphatic carbocycles. The Morgan fingerprint density at radius 3 is 2.62 bits per heavy atom. The Morgan fingerprint density at radius 2 is 2.00 bits per heavy atom. The van der Waals surface area contributed by atoms with Crippen LogP contribution in [-0.2, 0) is 10.0 Å². The highest BCUT2D eigenvalue weighted by molar-refractivity contribution is 7.92. The smallest absolute Gasteiger partial charge is 0.261 e. The van der Waals surface area contributed by atoms with E-state index >= 15 is 0 Å². The fourth-order valence-corrected chi connectivity index (χ4v) is 3.08. The second kappa shape index (κ2) is 6.04. The highest BCUT2D eigenvalue weighted by Gasteiger charge is 2.16. The summed E-state index contributed by atoms with van der Waals surface area (Å²) in [5.41, 5.74) is 0.670. The summed E-state index contributed by atoms with van der Waals surface area (Å²) in [4.78, 5) is 0.00987. The van der Waals surface area contributed by atoms with Gasteiger partial charge in [0.25, 0.3) is 10.0 Å². The second-order valence-corrected chi connectivity index (χ2v) is 6.18. The Balaban J connectivity index is 2.34. The number of benzene rings is 2. The van der Waals surface area contributed by atoms with Gasteiger partial charge in [-0.05, 0) is 36.4 Å². The van der Waals surface area contributed by atoms with Crippen molar-refractivity contribution >= 4 is 27.3 Å². The lowest BCUT2D eigenvalue weighted by Gasteiger charge is -2.10. The number of halogens is 1. The van der Waals surface area contributed by atoms with Gasteiger partial charge in [-0.3, -0.25) is 4.72 Å². The largest absolute Gasteiger partial charge is 0.495 e. The van der Waals surface area contributed by atoms with Crippen LogP contribution in [0.5, 0.6) is 5.75 Å². The predicted molar refractivity (Wildman–Crippen MR) is 80.0 cm³/mol. The number of rotatable bonds is 4. The van der Waals surface area contributed by atoms with E-state index in [4.69, 9.17) is 21.6 Å². The van der Waals surface area contributed by atoms with Gasteiger partial charge in [0.2, 0.25) is 0 Å². The highest BCUT2D eigenvalue weighted by Crippen LogP contribution is 2.27. The topological polar surface area (TPSA) is 79.2 Å². The van der Waals surface area contributed by atoms with Crippen molar-refractivity contribution in [3.63, 3.8) is 0 Å². The molecule has 21 heavy (non-hydrogen) atoms. The van der Waals surface area contributed by atoms with Gasteiger partial charge in [-0.25, -0.2) is 8.42 Å². The number of hydrogen-bond donors (Lipinski definition) is 1. The minimum Gasteiger partial charge on any atom is -0.495 e. The molecule has 7 heteroatoms. The minimum absolute atomic E-state index is 0.00987. The van der Waals surface area contributed by atoms with Crippen molar-refractivity contribution in [3.05, 3.63) is 53.1 Å².